The third-order valence-corrected chi connectivity index (χ3v) is 6.11. The number of methoxy groups -OCH3 is 1. The van der Waals surface area contributed by atoms with Gasteiger partial charge in [-0.15, -0.1) is 0 Å². The van der Waals surface area contributed by atoms with Gasteiger partial charge in [0.15, 0.2) is 0 Å². The number of likely N-dealkylation sites (tertiary alicyclic amines) is 1. The molecule has 168 valence electrons. The fraction of sp³-hybridized carbons (Fsp3) is 0.400. The Balaban J connectivity index is 1.74. The number of hydrogen-bond acceptors (Lipinski definition) is 4. The lowest BCUT2D eigenvalue weighted by Crippen LogP contribution is -2.66. The minimum absolute atomic E-state index is 0.0814. The summed E-state index contributed by atoms with van der Waals surface area (Å²) in [6.45, 7) is 6.38. The number of amides is 4. The third kappa shape index (κ3) is 3.83. The van der Waals surface area contributed by atoms with Crippen LogP contribution in [-0.4, -0.2) is 53.4 Å². The Morgan fingerprint density at radius 2 is 1.69 bits per heavy atom. The van der Waals surface area contributed by atoms with E-state index in [1.165, 1.54) is 4.90 Å². The second-order valence-corrected chi connectivity index (χ2v) is 9.32. The van der Waals surface area contributed by atoms with Crippen LogP contribution < -0.4 is 9.64 Å². The van der Waals surface area contributed by atoms with Crippen LogP contribution >= 0.6 is 0 Å². The number of ether oxygens (including phenoxy) is 1. The maximum absolute atomic E-state index is 13.7. The van der Waals surface area contributed by atoms with Gasteiger partial charge in [-0.1, -0.05) is 51.1 Å². The number of imide groups is 1. The molecule has 0 radical (unpaired) electrons. The number of anilines is 1. The van der Waals surface area contributed by atoms with Gasteiger partial charge in [-0.2, -0.15) is 0 Å². The summed E-state index contributed by atoms with van der Waals surface area (Å²) in [5.74, 6) is 0.196. The van der Waals surface area contributed by atoms with Crippen molar-refractivity contribution in [1.29, 1.82) is 0 Å². The van der Waals surface area contributed by atoms with E-state index in [4.69, 9.17) is 4.74 Å². The lowest BCUT2D eigenvalue weighted by molar-refractivity contribution is -0.145. The summed E-state index contributed by atoms with van der Waals surface area (Å²) in [6.07, 6.45) is 0.577. The Kier molecular flexibility index (Phi) is 5.67. The minimum Gasteiger partial charge on any atom is -0.497 e. The zero-order valence-electron chi connectivity index (χ0n) is 18.9. The summed E-state index contributed by atoms with van der Waals surface area (Å²) in [6, 6.07) is 15.1. The van der Waals surface area contributed by atoms with Crippen molar-refractivity contribution in [2.24, 2.45) is 5.41 Å². The highest BCUT2D eigenvalue weighted by Gasteiger charge is 2.54. The molecular weight excluding hydrogens is 406 g/mol. The van der Waals surface area contributed by atoms with E-state index < -0.39 is 11.5 Å². The highest BCUT2D eigenvalue weighted by Crippen LogP contribution is 2.36. The van der Waals surface area contributed by atoms with Crippen LogP contribution in [0.4, 0.5) is 10.5 Å². The molecule has 0 bridgehead atoms. The molecule has 0 N–H and O–H groups in total. The first-order valence-electron chi connectivity index (χ1n) is 10.9. The number of benzene rings is 2. The molecule has 2 aliphatic rings. The second-order valence-electron chi connectivity index (χ2n) is 9.32. The van der Waals surface area contributed by atoms with Crippen molar-refractivity contribution in [3.05, 3.63) is 60.2 Å². The fourth-order valence-corrected chi connectivity index (χ4v) is 4.49. The molecule has 2 aromatic rings. The van der Waals surface area contributed by atoms with Gasteiger partial charge in [0.2, 0.25) is 5.91 Å². The van der Waals surface area contributed by atoms with Crippen LogP contribution in [0.5, 0.6) is 5.75 Å². The molecular formula is C25H29N3O4. The monoisotopic (exact) mass is 435 g/mol. The Labute approximate surface area is 188 Å². The van der Waals surface area contributed by atoms with Gasteiger partial charge in [-0.25, -0.2) is 9.69 Å². The van der Waals surface area contributed by atoms with E-state index in [-0.39, 0.29) is 23.9 Å². The molecule has 2 saturated heterocycles. The van der Waals surface area contributed by atoms with Gasteiger partial charge >= 0.3 is 6.03 Å². The Bertz CT molecular complexity index is 1010. The lowest BCUT2D eigenvalue weighted by Gasteiger charge is -2.44. The van der Waals surface area contributed by atoms with Crippen molar-refractivity contribution < 1.29 is 19.1 Å². The normalized spacial score (nSPS) is 21.1. The standard InChI is InChI=1S/C25H29N3O4/c1-25(2,3)23(30)26-15-14-20-21(26)22(29)28(18-10-12-19(32-4)13-11-18)24(31)27(20)16-17-8-6-5-7-9-17/h5-13,20-21H,14-16H2,1-4H3/t20-,21-/m0/s1. The van der Waals surface area contributed by atoms with E-state index in [0.29, 0.717) is 30.9 Å². The van der Waals surface area contributed by atoms with E-state index in [0.717, 1.165) is 5.56 Å². The topological polar surface area (TPSA) is 70.2 Å². The van der Waals surface area contributed by atoms with Crippen molar-refractivity contribution >= 4 is 23.5 Å². The first-order valence-corrected chi connectivity index (χ1v) is 10.9. The van der Waals surface area contributed by atoms with Gasteiger partial charge in [0, 0.05) is 18.5 Å². The van der Waals surface area contributed by atoms with Crippen molar-refractivity contribution in [2.75, 3.05) is 18.6 Å². The van der Waals surface area contributed by atoms with Crippen LogP contribution in [0.3, 0.4) is 0 Å². The first-order chi connectivity index (χ1) is 15.2. The molecule has 2 atom stereocenters. The number of rotatable bonds is 4. The largest absolute Gasteiger partial charge is 0.497 e. The van der Waals surface area contributed by atoms with Crippen molar-refractivity contribution in [3.63, 3.8) is 0 Å². The van der Waals surface area contributed by atoms with E-state index in [2.05, 4.69) is 0 Å². The summed E-state index contributed by atoms with van der Waals surface area (Å²) in [5, 5.41) is 0. The van der Waals surface area contributed by atoms with Gasteiger partial charge in [-0.3, -0.25) is 9.59 Å². The molecule has 2 aliphatic heterocycles. The van der Waals surface area contributed by atoms with Gasteiger partial charge in [0.25, 0.3) is 5.91 Å². The van der Waals surface area contributed by atoms with Gasteiger partial charge in [0.05, 0.1) is 18.8 Å². The fourth-order valence-electron chi connectivity index (χ4n) is 4.49. The van der Waals surface area contributed by atoms with Crippen LogP contribution in [0.25, 0.3) is 0 Å². The molecule has 7 nitrogen and oxygen atoms in total. The molecule has 0 aromatic heterocycles. The van der Waals surface area contributed by atoms with Crippen LogP contribution in [0, 0.1) is 5.41 Å². The first kappa shape index (κ1) is 21.9. The predicted octanol–water partition coefficient (Wildman–Crippen LogP) is 3.68. The highest BCUT2D eigenvalue weighted by molar-refractivity contribution is 6.19. The van der Waals surface area contributed by atoms with Gasteiger partial charge in [0.1, 0.15) is 11.8 Å². The molecule has 0 unspecified atom stereocenters. The maximum atomic E-state index is 13.7. The number of nitrogens with zero attached hydrogens (tertiary/aromatic N) is 3. The number of carbonyl (C=O) groups excluding carboxylic acids is 3. The highest BCUT2D eigenvalue weighted by atomic mass is 16.5. The molecule has 0 aliphatic carbocycles. The summed E-state index contributed by atoms with van der Waals surface area (Å²) in [5.41, 5.74) is 0.822. The van der Waals surface area contributed by atoms with Crippen LogP contribution in [0.1, 0.15) is 32.8 Å². The maximum Gasteiger partial charge on any atom is 0.332 e. The predicted molar refractivity (Wildman–Crippen MR) is 121 cm³/mol. The average Bonchev–Trinajstić information content (AvgIpc) is 3.22. The Morgan fingerprint density at radius 1 is 1.03 bits per heavy atom. The molecule has 0 saturated carbocycles. The second kappa shape index (κ2) is 8.30. The van der Waals surface area contributed by atoms with E-state index >= 15 is 0 Å². The zero-order valence-corrected chi connectivity index (χ0v) is 18.9. The summed E-state index contributed by atoms with van der Waals surface area (Å²) >= 11 is 0. The van der Waals surface area contributed by atoms with Crippen molar-refractivity contribution in [3.8, 4) is 5.75 Å². The molecule has 2 heterocycles. The zero-order chi connectivity index (χ0) is 23.0. The number of hydrogen-bond donors (Lipinski definition) is 0. The quantitative estimate of drug-likeness (QED) is 0.735. The molecule has 0 spiro atoms. The van der Waals surface area contributed by atoms with E-state index in [1.807, 2.05) is 51.1 Å². The molecule has 4 amide bonds. The summed E-state index contributed by atoms with van der Waals surface area (Å²) < 4.78 is 5.21. The van der Waals surface area contributed by atoms with Crippen LogP contribution in [-0.2, 0) is 16.1 Å². The van der Waals surface area contributed by atoms with Crippen LogP contribution in [0.2, 0.25) is 0 Å². The van der Waals surface area contributed by atoms with Gasteiger partial charge < -0.3 is 14.5 Å². The molecule has 7 heteroatoms. The average molecular weight is 436 g/mol. The Hall–Kier alpha value is -3.35. The van der Waals surface area contributed by atoms with Crippen LogP contribution in [0.15, 0.2) is 54.6 Å². The molecule has 32 heavy (non-hydrogen) atoms. The minimum atomic E-state index is -0.703. The number of carbonyl (C=O) groups is 3. The third-order valence-electron chi connectivity index (χ3n) is 6.11. The molecule has 4 rings (SSSR count). The summed E-state index contributed by atoms with van der Waals surface area (Å²) in [4.78, 5) is 45.1. The SMILES string of the molecule is COc1ccc(N2C(=O)[C@@H]3[C@H](CCN3C(=O)C(C)(C)C)N(Cc3ccccc3)C2=O)cc1. The lowest BCUT2D eigenvalue weighted by atomic mass is 9.93. The smallest absolute Gasteiger partial charge is 0.332 e. The van der Waals surface area contributed by atoms with E-state index in [1.54, 1.807) is 41.2 Å². The molecule has 2 fully saturated rings. The molecule has 2 aromatic carbocycles. The number of urea groups is 1. The number of fused-ring (bicyclic) bond motifs is 1. The summed E-state index contributed by atoms with van der Waals surface area (Å²) in [7, 11) is 1.56. The van der Waals surface area contributed by atoms with Gasteiger partial charge in [-0.05, 0) is 36.2 Å². The van der Waals surface area contributed by atoms with E-state index in [9.17, 15) is 14.4 Å². The van der Waals surface area contributed by atoms with Crippen molar-refractivity contribution in [2.45, 2.75) is 45.8 Å². The Morgan fingerprint density at radius 3 is 2.28 bits per heavy atom. The van der Waals surface area contributed by atoms with Crippen molar-refractivity contribution in [1.82, 2.24) is 9.80 Å².